The molecule has 9 nitrogen and oxygen atoms in total. The standard InChI is InChI=1S/C18H15F2N5O4/c1-10-6-12(25-17(23-10)21-9-22-25)15-8-24(4-5-27-15)16(26)11-2-3-13-14(7-11)29-18(19,20)28-13/h2-3,6-7,9,15H,4-5,8H2,1H3/t15-/m0/s1. The zero-order valence-corrected chi connectivity index (χ0v) is 15.2. The lowest BCUT2D eigenvalue weighted by molar-refractivity contribution is -0.286. The van der Waals surface area contributed by atoms with Gasteiger partial charge in [-0.05, 0) is 31.2 Å². The minimum Gasteiger partial charge on any atom is -0.395 e. The van der Waals surface area contributed by atoms with Crippen molar-refractivity contribution in [2.75, 3.05) is 19.7 Å². The van der Waals surface area contributed by atoms with E-state index in [-0.39, 0.29) is 29.5 Å². The first-order chi connectivity index (χ1) is 13.9. The van der Waals surface area contributed by atoms with Gasteiger partial charge in [-0.25, -0.2) is 4.98 Å². The van der Waals surface area contributed by atoms with Crippen LogP contribution in [-0.2, 0) is 4.74 Å². The normalized spacial score (nSPS) is 20.2. The molecule has 0 N–H and O–H groups in total. The van der Waals surface area contributed by atoms with Crippen LogP contribution < -0.4 is 9.47 Å². The number of benzene rings is 1. The summed E-state index contributed by atoms with van der Waals surface area (Å²) in [6.07, 6.45) is -2.76. The maximum atomic E-state index is 13.2. The van der Waals surface area contributed by atoms with Gasteiger partial charge in [0.1, 0.15) is 12.4 Å². The van der Waals surface area contributed by atoms with Gasteiger partial charge < -0.3 is 19.1 Å². The lowest BCUT2D eigenvalue weighted by Crippen LogP contribution is -2.42. The molecule has 2 aliphatic rings. The molecule has 1 amide bonds. The summed E-state index contributed by atoms with van der Waals surface area (Å²) >= 11 is 0. The maximum Gasteiger partial charge on any atom is 0.586 e. The van der Waals surface area contributed by atoms with Crippen molar-refractivity contribution in [3.63, 3.8) is 0 Å². The van der Waals surface area contributed by atoms with Crippen LogP contribution in [0.1, 0.15) is 27.8 Å². The van der Waals surface area contributed by atoms with Crippen LogP contribution >= 0.6 is 0 Å². The fraction of sp³-hybridized carbons (Fsp3) is 0.333. The molecular formula is C18H15F2N5O4. The number of fused-ring (bicyclic) bond motifs is 2. The van der Waals surface area contributed by atoms with E-state index >= 15 is 0 Å². The fourth-order valence-electron chi connectivity index (χ4n) is 3.47. The average molecular weight is 403 g/mol. The topological polar surface area (TPSA) is 91.1 Å². The number of hydrogen-bond acceptors (Lipinski definition) is 7. The Morgan fingerprint density at radius 1 is 1.24 bits per heavy atom. The number of ether oxygens (including phenoxy) is 3. The summed E-state index contributed by atoms with van der Waals surface area (Å²) < 4.78 is 42.7. The SMILES string of the molecule is Cc1cc([C@@H]2CN(C(=O)c3ccc4c(c3)OC(F)(F)O4)CCO2)n2ncnc2n1. The molecular weight excluding hydrogens is 388 g/mol. The highest BCUT2D eigenvalue weighted by atomic mass is 19.3. The van der Waals surface area contributed by atoms with Gasteiger partial charge in [-0.3, -0.25) is 4.79 Å². The molecule has 0 spiro atoms. The summed E-state index contributed by atoms with van der Waals surface area (Å²) in [4.78, 5) is 23.0. The van der Waals surface area contributed by atoms with E-state index < -0.39 is 12.4 Å². The van der Waals surface area contributed by atoms with Crippen LogP contribution in [0, 0.1) is 6.92 Å². The predicted octanol–water partition coefficient (Wildman–Crippen LogP) is 1.97. The second kappa shape index (κ2) is 6.34. The van der Waals surface area contributed by atoms with Crippen molar-refractivity contribution in [2.24, 2.45) is 0 Å². The van der Waals surface area contributed by atoms with E-state index in [9.17, 15) is 13.6 Å². The van der Waals surface area contributed by atoms with E-state index in [1.54, 1.807) is 9.42 Å². The molecule has 150 valence electrons. The Hall–Kier alpha value is -3.34. The molecule has 0 bridgehead atoms. The summed E-state index contributed by atoms with van der Waals surface area (Å²) in [6.45, 7) is 2.79. The van der Waals surface area contributed by atoms with E-state index in [0.29, 0.717) is 18.9 Å². The number of amides is 1. The molecule has 1 saturated heterocycles. The van der Waals surface area contributed by atoms with E-state index in [1.807, 2.05) is 13.0 Å². The van der Waals surface area contributed by atoms with Gasteiger partial charge in [0.05, 0.1) is 18.8 Å². The number of nitrogens with zero attached hydrogens (tertiary/aromatic N) is 5. The molecule has 3 aromatic rings. The maximum absolute atomic E-state index is 13.2. The van der Waals surface area contributed by atoms with Crippen LogP contribution in [0.15, 0.2) is 30.6 Å². The molecule has 1 atom stereocenters. The van der Waals surface area contributed by atoms with E-state index in [4.69, 9.17) is 4.74 Å². The molecule has 1 aromatic carbocycles. The van der Waals surface area contributed by atoms with Crippen LogP contribution in [0.5, 0.6) is 11.5 Å². The van der Waals surface area contributed by atoms with Crippen molar-refractivity contribution in [3.8, 4) is 11.5 Å². The lowest BCUT2D eigenvalue weighted by atomic mass is 10.1. The van der Waals surface area contributed by atoms with Crippen molar-refractivity contribution in [2.45, 2.75) is 19.3 Å². The molecule has 5 rings (SSSR count). The Bertz CT molecular complexity index is 1120. The number of carbonyl (C=O) groups is 1. The predicted molar refractivity (Wildman–Crippen MR) is 92.8 cm³/mol. The number of halogens is 2. The highest BCUT2D eigenvalue weighted by Crippen LogP contribution is 2.41. The van der Waals surface area contributed by atoms with Crippen LogP contribution in [-0.4, -0.2) is 56.4 Å². The highest BCUT2D eigenvalue weighted by Gasteiger charge is 2.43. The van der Waals surface area contributed by atoms with Gasteiger partial charge in [0, 0.05) is 17.8 Å². The first-order valence-corrected chi connectivity index (χ1v) is 8.88. The van der Waals surface area contributed by atoms with Crippen LogP contribution in [0.3, 0.4) is 0 Å². The van der Waals surface area contributed by atoms with Gasteiger partial charge >= 0.3 is 6.29 Å². The fourth-order valence-corrected chi connectivity index (χ4v) is 3.47. The minimum absolute atomic E-state index is 0.104. The van der Waals surface area contributed by atoms with Gasteiger partial charge in [0.2, 0.25) is 0 Å². The van der Waals surface area contributed by atoms with Crippen molar-refractivity contribution < 1.29 is 27.8 Å². The summed E-state index contributed by atoms with van der Waals surface area (Å²) in [5.74, 6) is -0.142. The Kier molecular flexibility index (Phi) is 3.88. The lowest BCUT2D eigenvalue weighted by Gasteiger charge is -2.33. The second-order valence-corrected chi connectivity index (χ2v) is 6.73. The van der Waals surface area contributed by atoms with Crippen molar-refractivity contribution in [1.82, 2.24) is 24.5 Å². The highest BCUT2D eigenvalue weighted by molar-refractivity contribution is 5.95. The molecule has 2 aromatic heterocycles. The molecule has 11 heteroatoms. The van der Waals surface area contributed by atoms with E-state index in [0.717, 1.165) is 11.4 Å². The number of morpholine rings is 1. The third-order valence-corrected chi connectivity index (χ3v) is 4.74. The third-order valence-electron chi connectivity index (χ3n) is 4.74. The Morgan fingerprint density at radius 2 is 2.07 bits per heavy atom. The smallest absolute Gasteiger partial charge is 0.395 e. The van der Waals surface area contributed by atoms with Gasteiger partial charge in [-0.2, -0.15) is 14.6 Å². The molecule has 4 heterocycles. The Labute approximate surface area is 162 Å². The number of aromatic nitrogens is 4. The van der Waals surface area contributed by atoms with E-state index in [2.05, 4.69) is 24.5 Å². The number of hydrogen-bond donors (Lipinski definition) is 0. The Morgan fingerprint density at radius 3 is 2.93 bits per heavy atom. The molecule has 2 aliphatic heterocycles. The van der Waals surface area contributed by atoms with Gasteiger partial charge in [-0.1, -0.05) is 0 Å². The minimum atomic E-state index is -3.73. The van der Waals surface area contributed by atoms with E-state index in [1.165, 1.54) is 24.5 Å². The largest absolute Gasteiger partial charge is 0.586 e. The van der Waals surface area contributed by atoms with Crippen LogP contribution in [0.25, 0.3) is 5.78 Å². The second-order valence-electron chi connectivity index (χ2n) is 6.73. The summed E-state index contributed by atoms with van der Waals surface area (Å²) in [7, 11) is 0. The number of alkyl halides is 2. The first kappa shape index (κ1) is 17.7. The zero-order chi connectivity index (χ0) is 20.2. The Balaban J connectivity index is 1.40. The zero-order valence-electron chi connectivity index (χ0n) is 15.2. The third kappa shape index (κ3) is 3.12. The summed E-state index contributed by atoms with van der Waals surface area (Å²) in [5.41, 5.74) is 1.71. The molecule has 0 aliphatic carbocycles. The van der Waals surface area contributed by atoms with Crippen molar-refractivity contribution >= 4 is 11.7 Å². The van der Waals surface area contributed by atoms with Gasteiger partial charge in [-0.15, -0.1) is 8.78 Å². The number of aryl methyl sites for hydroxylation is 1. The average Bonchev–Trinajstić information content (AvgIpc) is 3.28. The molecule has 29 heavy (non-hydrogen) atoms. The molecule has 0 saturated carbocycles. The van der Waals surface area contributed by atoms with Crippen LogP contribution in [0.2, 0.25) is 0 Å². The monoisotopic (exact) mass is 403 g/mol. The molecule has 0 radical (unpaired) electrons. The van der Waals surface area contributed by atoms with Crippen molar-refractivity contribution in [3.05, 3.63) is 47.5 Å². The van der Waals surface area contributed by atoms with Gasteiger partial charge in [0.25, 0.3) is 11.7 Å². The number of carbonyl (C=O) groups excluding carboxylic acids is 1. The summed E-state index contributed by atoms with van der Waals surface area (Å²) in [5, 5.41) is 4.17. The quantitative estimate of drug-likeness (QED) is 0.646. The van der Waals surface area contributed by atoms with Gasteiger partial charge in [0.15, 0.2) is 11.5 Å². The van der Waals surface area contributed by atoms with Crippen LogP contribution in [0.4, 0.5) is 8.78 Å². The molecule has 0 unspecified atom stereocenters. The molecule has 1 fully saturated rings. The van der Waals surface area contributed by atoms with Crippen molar-refractivity contribution in [1.29, 1.82) is 0 Å². The number of rotatable bonds is 2. The summed E-state index contributed by atoms with van der Waals surface area (Å²) in [6, 6.07) is 5.83. The first-order valence-electron chi connectivity index (χ1n) is 8.88.